The third-order valence-electron chi connectivity index (χ3n) is 6.06. The Bertz CT molecular complexity index is 1090. The number of carbonyl (C=O) groups is 3. The number of methoxy groups -OCH3 is 1. The van der Waals surface area contributed by atoms with Crippen molar-refractivity contribution in [1.82, 2.24) is 4.98 Å². The number of pyridine rings is 1. The lowest BCUT2D eigenvalue weighted by Crippen LogP contribution is -2.40. The fraction of sp³-hybridized carbons (Fsp3) is 0.500. The van der Waals surface area contributed by atoms with E-state index in [1.807, 2.05) is 13.8 Å². The average molecular weight is 534 g/mol. The number of hydrogen-bond acceptors (Lipinski definition) is 9. The van der Waals surface area contributed by atoms with Crippen LogP contribution < -0.4 is 14.2 Å². The van der Waals surface area contributed by atoms with E-state index in [0.29, 0.717) is 5.75 Å². The van der Waals surface area contributed by atoms with Gasteiger partial charge in [-0.15, -0.1) is 0 Å². The maximum absolute atomic E-state index is 13.7. The minimum atomic E-state index is -0.809. The Morgan fingerprint density at radius 2 is 1.79 bits per heavy atom. The Morgan fingerprint density at radius 3 is 2.39 bits per heavy atom. The Hall–Kier alpha value is -3.69. The van der Waals surface area contributed by atoms with E-state index in [0.717, 1.165) is 12.8 Å². The molecule has 1 aromatic carbocycles. The van der Waals surface area contributed by atoms with Crippen LogP contribution in [0.15, 0.2) is 36.5 Å². The van der Waals surface area contributed by atoms with Crippen LogP contribution in [0, 0.1) is 17.7 Å². The van der Waals surface area contributed by atoms with Crippen molar-refractivity contribution in [3.63, 3.8) is 0 Å². The van der Waals surface area contributed by atoms with E-state index in [2.05, 4.69) is 4.98 Å². The monoisotopic (exact) mass is 533 g/mol. The molecular formula is C28H36FNO8. The van der Waals surface area contributed by atoms with Gasteiger partial charge in [0.25, 0.3) is 0 Å². The summed E-state index contributed by atoms with van der Waals surface area (Å²) in [4.78, 5) is 41.2. The number of rotatable bonds is 15. The lowest BCUT2D eigenvalue weighted by molar-refractivity contribution is -0.159. The molecule has 1 heterocycles. The number of carbonyl (C=O) groups excluding carboxylic acids is 3. The van der Waals surface area contributed by atoms with Crippen LogP contribution in [0.1, 0.15) is 64.4 Å². The van der Waals surface area contributed by atoms with Gasteiger partial charge in [0.1, 0.15) is 23.8 Å². The molecular weight excluding hydrogens is 497 g/mol. The molecule has 0 unspecified atom stereocenters. The summed E-state index contributed by atoms with van der Waals surface area (Å²) in [6, 6.07) is 7.31. The van der Waals surface area contributed by atoms with Crippen LogP contribution >= 0.6 is 0 Å². The largest absolute Gasteiger partial charge is 0.493 e. The summed E-state index contributed by atoms with van der Waals surface area (Å²) in [5.74, 6) is -2.23. The van der Waals surface area contributed by atoms with Crippen LogP contribution in [-0.2, 0) is 19.1 Å². The smallest absolute Gasteiger partial charge is 0.309 e. The number of ketones is 1. The molecule has 1 aromatic heterocycles. The predicted molar refractivity (Wildman–Crippen MR) is 137 cm³/mol. The van der Waals surface area contributed by atoms with E-state index in [-0.39, 0.29) is 29.5 Å². The molecule has 0 spiro atoms. The third kappa shape index (κ3) is 8.71. The normalized spacial score (nSPS) is 13.3. The van der Waals surface area contributed by atoms with Crippen molar-refractivity contribution in [2.45, 2.75) is 66.1 Å². The summed E-state index contributed by atoms with van der Waals surface area (Å²) in [5.41, 5.74) is -0.0615. The second-order valence-corrected chi connectivity index (χ2v) is 8.88. The molecule has 0 aliphatic rings. The number of halogens is 1. The SMILES string of the molecule is CCC(CC)[C@H](Oc1cccc(F)c1)[C@H](C)OC(=O)[C@H](C)CC(=O)c1nccc(OC)c1OCOC(C)=O. The highest BCUT2D eigenvalue weighted by molar-refractivity contribution is 5.99. The minimum Gasteiger partial charge on any atom is -0.493 e. The van der Waals surface area contributed by atoms with Gasteiger partial charge >= 0.3 is 11.9 Å². The maximum atomic E-state index is 13.7. The molecule has 38 heavy (non-hydrogen) atoms. The van der Waals surface area contributed by atoms with Crippen molar-refractivity contribution in [3.8, 4) is 17.2 Å². The summed E-state index contributed by atoms with van der Waals surface area (Å²) in [5, 5.41) is 0. The standard InChI is InChI=1S/C28H36FNO8/c1-7-20(8-2)26(38-22-11-9-10-21(29)15-22)18(4)37-28(33)17(3)14-23(32)25-27(36-16-35-19(5)31)24(34-6)12-13-30-25/h9-13,15,17-18,20,26H,7-8,14,16H2,1-6H3/t17-,18+,26-/m1/s1. The average Bonchev–Trinajstić information content (AvgIpc) is 2.88. The van der Waals surface area contributed by atoms with Crippen molar-refractivity contribution < 1.29 is 42.5 Å². The number of hydrogen-bond donors (Lipinski definition) is 0. The number of aromatic nitrogens is 1. The topological polar surface area (TPSA) is 110 Å². The van der Waals surface area contributed by atoms with Crippen molar-refractivity contribution in [2.75, 3.05) is 13.9 Å². The van der Waals surface area contributed by atoms with Gasteiger partial charge < -0.3 is 23.7 Å². The van der Waals surface area contributed by atoms with E-state index >= 15 is 0 Å². The number of benzene rings is 1. The molecule has 0 radical (unpaired) electrons. The predicted octanol–water partition coefficient (Wildman–Crippen LogP) is 5.15. The maximum Gasteiger partial charge on any atom is 0.309 e. The molecule has 0 aliphatic heterocycles. The van der Waals surface area contributed by atoms with Crippen molar-refractivity contribution in [1.29, 1.82) is 0 Å². The van der Waals surface area contributed by atoms with Gasteiger partial charge in [-0.2, -0.15) is 0 Å². The quantitative estimate of drug-likeness (QED) is 0.174. The van der Waals surface area contributed by atoms with Gasteiger partial charge in [-0.25, -0.2) is 9.37 Å². The van der Waals surface area contributed by atoms with E-state index in [1.54, 1.807) is 26.0 Å². The summed E-state index contributed by atoms with van der Waals surface area (Å²) in [6.07, 6.45) is 1.52. The first-order chi connectivity index (χ1) is 18.1. The summed E-state index contributed by atoms with van der Waals surface area (Å²) < 4.78 is 41.0. The molecule has 0 aliphatic carbocycles. The van der Waals surface area contributed by atoms with Crippen LogP contribution in [0.3, 0.4) is 0 Å². The minimum absolute atomic E-state index is 0.00692. The number of nitrogens with zero attached hydrogens (tertiary/aromatic N) is 1. The van der Waals surface area contributed by atoms with E-state index < -0.39 is 48.5 Å². The van der Waals surface area contributed by atoms with Gasteiger partial charge in [0.05, 0.1) is 13.0 Å². The van der Waals surface area contributed by atoms with Crippen LogP contribution in [0.2, 0.25) is 0 Å². The zero-order valence-electron chi connectivity index (χ0n) is 22.7. The fourth-order valence-corrected chi connectivity index (χ4v) is 3.95. The molecule has 3 atom stereocenters. The second-order valence-electron chi connectivity index (χ2n) is 8.88. The number of Topliss-reactive ketones (excluding diaryl/α,β-unsaturated/α-hetero) is 1. The molecule has 2 rings (SSSR count). The first kappa shape index (κ1) is 30.5. The van der Waals surface area contributed by atoms with Crippen LogP contribution in [0.25, 0.3) is 0 Å². The van der Waals surface area contributed by atoms with Crippen molar-refractivity contribution in [3.05, 3.63) is 48.0 Å². The Kier molecular flexibility index (Phi) is 12.0. The van der Waals surface area contributed by atoms with Crippen LogP contribution in [0.5, 0.6) is 17.2 Å². The zero-order valence-corrected chi connectivity index (χ0v) is 22.7. The van der Waals surface area contributed by atoms with E-state index in [1.165, 1.54) is 38.4 Å². The molecule has 0 saturated carbocycles. The van der Waals surface area contributed by atoms with Gasteiger partial charge in [-0.05, 0) is 37.8 Å². The zero-order chi connectivity index (χ0) is 28.2. The van der Waals surface area contributed by atoms with E-state index in [4.69, 9.17) is 23.7 Å². The van der Waals surface area contributed by atoms with E-state index in [9.17, 15) is 18.8 Å². The first-order valence-corrected chi connectivity index (χ1v) is 12.6. The number of esters is 2. The lowest BCUT2D eigenvalue weighted by atomic mass is 9.92. The summed E-state index contributed by atoms with van der Waals surface area (Å²) in [6.45, 7) is 8.10. The lowest BCUT2D eigenvalue weighted by Gasteiger charge is -2.31. The first-order valence-electron chi connectivity index (χ1n) is 12.6. The molecule has 0 fully saturated rings. The van der Waals surface area contributed by atoms with Crippen LogP contribution in [0.4, 0.5) is 4.39 Å². The second kappa shape index (κ2) is 14.9. The van der Waals surface area contributed by atoms with Gasteiger partial charge in [0, 0.05) is 31.7 Å². The Balaban J connectivity index is 2.12. The third-order valence-corrected chi connectivity index (χ3v) is 6.06. The van der Waals surface area contributed by atoms with Crippen molar-refractivity contribution >= 4 is 17.7 Å². The molecule has 0 bridgehead atoms. The highest BCUT2D eigenvalue weighted by Crippen LogP contribution is 2.31. The molecule has 10 heteroatoms. The molecule has 0 saturated heterocycles. The fourth-order valence-electron chi connectivity index (χ4n) is 3.95. The Morgan fingerprint density at radius 1 is 1.08 bits per heavy atom. The summed E-state index contributed by atoms with van der Waals surface area (Å²) in [7, 11) is 1.39. The highest BCUT2D eigenvalue weighted by atomic mass is 19.1. The van der Waals surface area contributed by atoms with Crippen LogP contribution in [-0.4, -0.2) is 48.8 Å². The van der Waals surface area contributed by atoms with Crippen molar-refractivity contribution in [2.24, 2.45) is 11.8 Å². The highest BCUT2D eigenvalue weighted by Gasteiger charge is 2.32. The van der Waals surface area contributed by atoms with Gasteiger partial charge in [-0.1, -0.05) is 26.8 Å². The molecule has 0 N–H and O–H groups in total. The molecule has 0 amide bonds. The number of ether oxygens (including phenoxy) is 5. The molecule has 9 nitrogen and oxygen atoms in total. The molecule has 2 aromatic rings. The Labute approximate surface area is 222 Å². The van der Waals surface area contributed by atoms with Gasteiger partial charge in [0.2, 0.25) is 6.79 Å². The van der Waals surface area contributed by atoms with Gasteiger partial charge in [-0.3, -0.25) is 14.4 Å². The molecule has 208 valence electrons. The summed E-state index contributed by atoms with van der Waals surface area (Å²) >= 11 is 0. The van der Waals surface area contributed by atoms with Gasteiger partial charge in [0.15, 0.2) is 23.0 Å².